The van der Waals surface area contributed by atoms with Crippen molar-refractivity contribution < 1.29 is 35.9 Å². The maximum Gasteiger partial charge on any atom is 0.416 e. The summed E-state index contributed by atoms with van der Waals surface area (Å²) in [7, 11) is -1.19. The maximum absolute atomic E-state index is 13.6. The summed E-state index contributed by atoms with van der Waals surface area (Å²) in [6.07, 6.45) is -4.55. The normalized spacial score (nSPS) is 18.5. The molecule has 198 valence electrons. The van der Waals surface area contributed by atoms with Gasteiger partial charge in [-0.1, -0.05) is 18.2 Å². The van der Waals surface area contributed by atoms with Gasteiger partial charge in [0.25, 0.3) is 0 Å². The lowest BCUT2D eigenvalue weighted by Gasteiger charge is -2.45. The van der Waals surface area contributed by atoms with E-state index in [-0.39, 0.29) is 12.6 Å². The highest BCUT2D eigenvalue weighted by atomic mass is 32.2. The zero-order valence-corrected chi connectivity index (χ0v) is 21.7. The Kier molecular flexibility index (Phi) is 7.95. The Labute approximate surface area is 209 Å². The number of ether oxygens (including phenoxy) is 2. The van der Waals surface area contributed by atoms with Crippen molar-refractivity contribution in [3.63, 3.8) is 0 Å². The first-order chi connectivity index (χ1) is 16.6. The third kappa shape index (κ3) is 6.50. The number of methoxy groups -OCH3 is 1. The standard InChI is InChI=1S/C25H31F3N2O5S/c1-24(2,3)35-23(31)29(4)19-14-20(15-19)30(16-17-9-11-21(34-5)12-10-17)36(32,33)22-8-6-7-18(13-22)25(26,27)28/h6-13,19-20H,14-16H2,1-5H3. The molecule has 0 bridgehead atoms. The van der Waals surface area contributed by atoms with Crippen molar-refractivity contribution in [1.29, 1.82) is 0 Å². The first-order valence-electron chi connectivity index (χ1n) is 11.4. The first kappa shape index (κ1) is 27.8. The number of carbonyl (C=O) groups is 1. The number of halogens is 3. The Bertz CT molecular complexity index is 1170. The van der Waals surface area contributed by atoms with Crippen LogP contribution in [-0.2, 0) is 27.5 Å². The van der Waals surface area contributed by atoms with Gasteiger partial charge in [-0.3, -0.25) is 0 Å². The molecule has 0 heterocycles. The predicted molar refractivity (Wildman–Crippen MR) is 128 cm³/mol. The fourth-order valence-corrected chi connectivity index (χ4v) is 5.56. The van der Waals surface area contributed by atoms with E-state index >= 15 is 0 Å². The minimum Gasteiger partial charge on any atom is -0.497 e. The summed E-state index contributed by atoms with van der Waals surface area (Å²) in [4.78, 5) is 13.4. The molecule has 1 saturated carbocycles. The molecule has 3 rings (SSSR count). The molecule has 1 aliphatic rings. The molecule has 1 fully saturated rings. The van der Waals surface area contributed by atoms with E-state index < -0.39 is 44.4 Å². The molecule has 0 spiro atoms. The molecule has 36 heavy (non-hydrogen) atoms. The molecular weight excluding hydrogens is 497 g/mol. The second-order valence-electron chi connectivity index (χ2n) is 9.79. The zero-order valence-electron chi connectivity index (χ0n) is 20.9. The molecule has 0 N–H and O–H groups in total. The Morgan fingerprint density at radius 1 is 1.03 bits per heavy atom. The monoisotopic (exact) mass is 528 g/mol. The molecule has 1 amide bonds. The van der Waals surface area contributed by atoms with E-state index in [0.717, 1.165) is 18.2 Å². The first-order valence-corrected chi connectivity index (χ1v) is 12.8. The van der Waals surface area contributed by atoms with Crippen molar-refractivity contribution in [3.8, 4) is 5.75 Å². The Morgan fingerprint density at radius 2 is 1.64 bits per heavy atom. The summed E-state index contributed by atoms with van der Waals surface area (Å²) in [6.45, 7) is 5.21. The van der Waals surface area contributed by atoms with Crippen LogP contribution in [0.25, 0.3) is 0 Å². The van der Waals surface area contributed by atoms with Crippen LogP contribution in [0.3, 0.4) is 0 Å². The number of benzene rings is 2. The third-order valence-electron chi connectivity index (χ3n) is 5.99. The van der Waals surface area contributed by atoms with Crippen molar-refractivity contribution >= 4 is 16.1 Å². The van der Waals surface area contributed by atoms with Crippen LogP contribution < -0.4 is 4.74 Å². The average Bonchev–Trinajstić information content (AvgIpc) is 2.76. The van der Waals surface area contributed by atoms with Gasteiger partial charge in [0.1, 0.15) is 11.4 Å². The Balaban J connectivity index is 1.88. The van der Waals surface area contributed by atoms with Crippen molar-refractivity contribution in [1.82, 2.24) is 9.21 Å². The van der Waals surface area contributed by atoms with E-state index in [1.807, 2.05) is 0 Å². The molecule has 1 aliphatic carbocycles. The number of rotatable bonds is 7. The lowest BCUT2D eigenvalue weighted by molar-refractivity contribution is -0.137. The van der Waals surface area contributed by atoms with Crippen LogP contribution in [0.1, 0.15) is 44.7 Å². The molecule has 7 nitrogen and oxygen atoms in total. The van der Waals surface area contributed by atoms with E-state index in [1.165, 1.54) is 16.3 Å². The smallest absolute Gasteiger partial charge is 0.416 e. The highest BCUT2D eigenvalue weighted by molar-refractivity contribution is 7.89. The molecule has 11 heteroatoms. The molecule has 0 radical (unpaired) electrons. The summed E-state index contributed by atoms with van der Waals surface area (Å²) in [5.41, 5.74) is -1.07. The Hall–Kier alpha value is -2.79. The summed E-state index contributed by atoms with van der Waals surface area (Å²) < 4.78 is 78.8. The van der Waals surface area contributed by atoms with Crippen LogP contribution in [0.4, 0.5) is 18.0 Å². The topological polar surface area (TPSA) is 76.2 Å². The van der Waals surface area contributed by atoms with Gasteiger partial charge in [-0.05, 0) is 69.5 Å². The van der Waals surface area contributed by atoms with Gasteiger partial charge >= 0.3 is 12.3 Å². The number of amides is 1. The van der Waals surface area contributed by atoms with Gasteiger partial charge in [0.05, 0.1) is 17.6 Å². The fraction of sp³-hybridized carbons (Fsp3) is 0.480. The largest absolute Gasteiger partial charge is 0.497 e. The van der Waals surface area contributed by atoms with Gasteiger partial charge < -0.3 is 14.4 Å². The highest BCUT2D eigenvalue weighted by Crippen LogP contribution is 2.37. The van der Waals surface area contributed by atoms with E-state index in [4.69, 9.17) is 9.47 Å². The molecule has 0 saturated heterocycles. The van der Waals surface area contributed by atoms with Gasteiger partial charge in [0.15, 0.2) is 0 Å². The third-order valence-corrected chi connectivity index (χ3v) is 7.88. The van der Waals surface area contributed by atoms with Gasteiger partial charge in [-0.15, -0.1) is 0 Å². The zero-order chi connectivity index (χ0) is 26.9. The Morgan fingerprint density at radius 3 is 2.17 bits per heavy atom. The molecule has 0 aliphatic heterocycles. The molecule has 0 atom stereocenters. The number of alkyl halides is 3. The molecule has 0 aromatic heterocycles. The summed E-state index contributed by atoms with van der Waals surface area (Å²) in [5.74, 6) is 0.591. The summed E-state index contributed by atoms with van der Waals surface area (Å²) in [5, 5.41) is 0. The maximum atomic E-state index is 13.6. The van der Waals surface area contributed by atoms with Crippen LogP contribution >= 0.6 is 0 Å². The molecule has 2 aromatic rings. The van der Waals surface area contributed by atoms with Crippen molar-refractivity contribution in [2.24, 2.45) is 0 Å². The quantitative estimate of drug-likeness (QED) is 0.487. The fourth-order valence-electron chi connectivity index (χ4n) is 3.88. The minimum atomic E-state index is -4.68. The minimum absolute atomic E-state index is 0.0455. The lowest BCUT2D eigenvalue weighted by atomic mass is 9.85. The van der Waals surface area contributed by atoms with Gasteiger partial charge in [-0.2, -0.15) is 17.5 Å². The lowest BCUT2D eigenvalue weighted by Crippen LogP contribution is -2.56. The van der Waals surface area contributed by atoms with Crippen LogP contribution in [0.5, 0.6) is 5.75 Å². The number of sulfonamides is 1. The second-order valence-corrected chi connectivity index (χ2v) is 11.7. The van der Waals surface area contributed by atoms with Crippen molar-refractivity contribution in [2.75, 3.05) is 14.2 Å². The van der Waals surface area contributed by atoms with E-state index in [2.05, 4.69) is 0 Å². The average molecular weight is 529 g/mol. The molecular formula is C25H31F3N2O5S. The van der Waals surface area contributed by atoms with E-state index in [9.17, 15) is 26.4 Å². The number of hydrogen-bond acceptors (Lipinski definition) is 5. The number of carbonyl (C=O) groups excluding carboxylic acids is 1. The van der Waals surface area contributed by atoms with Crippen molar-refractivity contribution in [3.05, 3.63) is 59.7 Å². The van der Waals surface area contributed by atoms with Gasteiger partial charge in [-0.25, -0.2) is 13.2 Å². The summed E-state index contributed by atoms with van der Waals surface area (Å²) in [6, 6.07) is 9.74. The van der Waals surface area contributed by atoms with Gasteiger partial charge in [0.2, 0.25) is 10.0 Å². The SMILES string of the molecule is COc1ccc(CN(C2CC(N(C)C(=O)OC(C)(C)C)C2)S(=O)(=O)c2cccc(C(F)(F)F)c2)cc1. The predicted octanol–water partition coefficient (Wildman–Crippen LogP) is 5.30. The second kappa shape index (κ2) is 10.3. The molecule has 0 unspecified atom stereocenters. The van der Waals surface area contributed by atoms with Crippen molar-refractivity contribution in [2.45, 2.75) is 68.9 Å². The number of hydrogen-bond donors (Lipinski definition) is 0. The molecule has 2 aromatic carbocycles. The number of nitrogens with zero attached hydrogens (tertiary/aromatic N) is 2. The highest BCUT2D eigenvalue weighted by Gasteiger charge is 2.44. The van der Waals surface area contributed by atoms with Crippen LogP contribution in [-0.4, -0.2) is 55.6 Å². The summed E-state index contributed by atoms with van der Waals surface area (Å²) >= 11 is 0. The van der Waals surface area contributed by atoms with Crippen LogP contribution in [0.2, 0.25) is 0 Å². The van der Waals surface area contributed by atoms with Crippen LogP contribution in [0, 0.1) is 0 Å². The van der Waals surface area contributed by atoms with Crippen LogP contribution in [0.15, 0.2) is 53.4 Å². The van der Waals surface area contributed by atoms with E-state index in [0.29, 0.717) is 30.2 Å². The van der Waals surface area contributed by atoms with E-state index in [1.54, 1.807) is 52.1 Å². The van der Waals surface area contributed by atoms with Gasteiger partial charge in [0, 0.05) is 25.7 Å².